The summed E-state index contributed by atoms with van der Waals surface area (Å²) in [6.07, 6.45) is 3.05. The second-order valence-corrected chi connectivity index (χ2v) is 5.73. The van der Waals surface area contributed by atoms with E-state index in [1.807, 2.05) is 6.07 Å². The van der Waals surface area contributed by atoms with Gasteiger partial charge in [-0.3, -0.25) is 4.98 Å². The van der Waals surface area contributed by atoms with Crippen LogP contribution >= 0.6 is 27.5 Å². The van der Waals surface area contributed by atoms with E-state index in [0.29, 0.717) is 28.5 Å². The van der Waals surface area contributed by atoms with E-state index in [1.165, 1.54) is 14.2 Å². The van der Waals surface area contributed by atoms with Gasteiger partial charge in [-0.25, -0.2) is 0 Å². The molecule has 4 nitrogen and oxygen atoms in total. The average Bonchev–Trinajstić information content (AvgIpc) is 2.46. The first-order valence-electron chi connectivity index (χ1n) is 6.24. The Morgan fingerprint density at radius 1 is 1.29 bits per heavy atom. The zero-order valence-electron chi connectivity index (χ0n) is 11.6. The summed E-state index contributed by atoms with van der Waals surface area (Å²) in [5.74, 6) is 0.950. The van der Waals surface area contributed by atoms with Crippen LogP contribution in [-0.4, -0.2) is 24.3 Å². The normalized spacial score (nSPS) is 12.0. The predicted molar refractivity (Wildman–Crippen MR) is 85.2 cm³/mol. The van der Waals surface area contributed by atoms with Gasteiger partial charge in [0.25, 0.3) is 0 Å². The van der Waals surface area contributed by atoms with Gasteiger partial charge in [-0.15, -0.1) is 0 Å². The quantitative estimate of drug-likeness (QED) is 0.867. The Morgan fingerprint density at radius 3 is 2.67 bits per heavy atom. The molecular weight excluding hydrogens is 358 g/mol. The summed E-state index contributed by atoms with van der Waals surface area (Å²) in [5.41, 5.74) is 1.50. The molecule has 1 atom stereocenters. The summed E-state index contributed by atoms with van der Waals surface area (Å²) in [6, 6.07) is 5.37. The molecule has 0 aliphatic rings. The third-order valence-electron chi connectivity index (χ3n) is 3.06. The monoisotopic (exact) mass is 371 g/mol. The van der Waals surface area contributed by atoms with Crippen molar-refractivity contribution in [1.29, 1.82) is 0 Å². The minimum atomic E-state index is -0.756. The average molecular weight is 373 g/mol. The fourth-order valence-electron chi connectivity index (χ4n) is 2.06. The van der Waals surface area contributed by atoms with Gasteiger partial charge in [0.15, 0.2) is 11.5 Å². The van der Waals surface area contributed by atoms with Crippen LogP contribution in [0, 0.1) is 0 Å². The largest absolute Gasteiger partial charge is 0.493 e. The summed E-state index contributed by atoms with van der Waals surface area (Å²) in [7, 11) is 3.05. The molecule has 0 amide bonds. The topological polar surface area (TPSA) is 51.6 Å². The van der Waals surface area contributed by atoms with Crippen LogP contribution < -0.4 is 9.47 Å². The molecule has 1 aromatic carbocycles. The Balaban J connectivity index is 2.29. The number of benzene rings is 1. The van der Waals surface area contributed by atoms with Gasteiger partial charge in [-0.2, -0.15) is 0 Å². The van der Waals surface area contributed by atoms with E-state index in [-0.39, 0.29) is 0 Å². The van der Waals surface area contributed by atoms with Gasteiger partial charge in [0.2, 0.25) is 0 Å². The summed E-state index contributed by atoms with van der Waals surface area (Å²) in [5, 5.41) is 10.8. The molecule has 0 aliphatic carbocycles. The van der Waals surface area contributed by atoms with Crippen molar-refractivity contribution >= 4 is 27.5 Å². The van der Waals surface area contributed by atoms with E-state index in [4.69, 9.17) is 21.1 Å². The number of aliphatic hydroxyl groups excluding tert-OH is 1. The summed E-state index contributed by atoms with van der Waals surface area (Å²) in [6.45, 7) is 0. The fraction of sp³-hybridized carbons (Fsp3) is 0.267. The number of nitrogens with zero attached hydrogens (tertiary/aromatic N) is 1. The highest BCUT2D eigenvalue weighted by atomic mass is 79.9. The molecule has 21 heavy (non-hydrogen) atoms. The summed E-state index contributed by atoms with van der Waals surface area (Å²) in [4.78, 5) is 4.08. The Labute approximate surface area is 136 Å². The number of aromatic nitrogens is 1. The molecule has 0 aliphatic heterocycles. The summed E-state index contributed by atoms with van der Waals surface area (Å²) < 4.78 is 11.3. The minimum absolute atomic E-state index is 0.354. The molecule has 2 rings (SSSR count). The highest BCUT2D eigenvalue weighted by Gasteiger charge is 2.19. The molecule has 0 saturated heterocycles. The van der Waals surface area contributed by atoms with Crippen molar-refractivity contribution < 1.29 is 14.6 Å². The number of rotatable bonds is 5. The smallest absolute Gasteiger partial charge is 0.179 e. The standard InChI is InChI=1S/C15H15BrClNO3/c1-20-13-4-3-11(14(17)15(13)21-2)12(19)6-9-5-10(16)8-18-7-9/h3-5,7-8,12,19H,6H2,1-2H3. The van der Waals surface area contributed by atoms with Gasteiger partial charge in [-0.05, 0) is 33.6 Å². The minimum Gasteiger partial charge on any atom is -0.493 e. The van der Waals surface area contributed by atoms with E-state index in [1.54, 1.807) is 24.5 Å². The first-order chi connectivity index (χ1) is 10.1. The van der Waals surface area contributed by atoms with Gasteiger partial charge in [0, 0.05) is 28.9 Å². The van der Waals surface area contributed by atoms with E-state index >= 15 is 0 Å². The van der Waals surface area contributed by atoms with Gasteiger partial charge >= 0.3 is 0 Å². The van der Waals surface area contributed by atoms with Crippen LogP contribution in [0.25, 0.3) is 0 Å². The van der Waals surface area contributed by atoms with Gasteiger partial charge < -0.3 is 14.6 Å². The Kier molecular flexibility index (Phi) is 5.45. The second kappa shape index (κ2) is 7.11. The number of aliphatic hydroxyl groups is 1. The molecule has 0 spiro atoms. The first kappa shape index (κ1) is 16.1. The third kappa shape index (κ3) is 3.67. The van der Waals surface area contributed by atoms with Crippen LogP contribution in [0.3, 0.4) is 0 Å². The lowest BCUT2D eigenvalue weighted by Gasteiger charge is -2.17. The van der Waals surface area contributed by atoms with Crippen LogP contribution in [0.2, 0.25) is 5.02 Å². The molecule has 0 saturated carbocycles. The van der Waals surface area contributed by atoms with Gasteiger partial charge in [0.05, 0.1) is 25.3 Å². The lowest BCUT2D eigenvalue weighted by Crippen LogP contribution is -2.04. The predicted octanol–water partition coefficient (Wildman–Crippen LogP) is 3.79. The van der Waals surface area contributed by atoms with Crippen LogP contribution in [0.15, 0.2) is 35.1 Å². The number of halogens is 2. The Morgan fingerprint density at radius 2 is 2.05 bits per heavy atom. The van der Waals surface area contributed by atoms with Crippen LogP contribution in [-0.2, 0) is 6.42 Å². The molecule has 1 heterocycles. The highest BCUT2D eigenvalue weighted by molar-refractivity contribution is 9.10. The van der Waals surface area contributed by atoms with Crippen LogP contribution in [0.5, 0.6) is 11.5 Å². The molecule has 1 unspecified atom stereocenters. The molecule has 112 valence electrons. The number of methoxy groups -OCH3 is 2. The SMILES string of the molecule is COc1ccc(C(O)Cc2cncc(Br)c2)c(Cl)c1OC. The zero-order valence-corrected chi connectivity index (χ0v) is 14.0. The summed E-state index contributed by atoms with van der Waals surface area (Å²) >= 11 is 9.65. The molecule has 0 radical (unpaired) electrons. The number of ether oxygens (including phenoxy) is 2. The van der Waals surface area contributed by atoms with Crippen molar-refractivity contribution in [3.63, 3.8) is 0 Å². The van der Waals surface area contributed by atoms with Gasteiger partial charge in [-0.1, -0.05) is 17.7 Å². The zero-order chi connectivity index (χ0) is 15.4. The van der Waals surface area contributed by atoms with E-state index in [9.17, 15) is 5.11 Å². The lowest BCUT2D eigenvalue weighted by atomic mass is 10.0. The van der Waals surface area contributed by atoms with Crippen molar-refractivity contribution in [2.45, 2.75) is 12.5 Å². The number of hydrogen-bond donors (Lipinski definition) is 1. The molecule has 0 fully saturated rings. The molecule has 0 bridgehead atoms. The van der Waals surface area contributed by atoms with E-state index in [0.717, 1.165) is 10.0 Å². The number of hydrogen-bond acceptors (Lipinski definition) is 4. The first-order valence-corrected chi connectivity index (χ1v) is 7.41. The maximum Gasteiger partial charge on any atom is 0.179 e. The number of pyridine rings is 1. The van der Waals surface area contributed by atoms with E-state index in [2.05, 4.69) is 20.9 Å². The van der Waals surface area contributed by atoms with Crippen molar-refractivity contribution in [2.75, 3.05) is 14.2 Å². The molecular formula is C15H15BrClNO3. The molecule has 1 N–H and O–H groups in total. The molecule has 2 aromatic rings. The second-order valence-electron chi connectivity index (χ2n) is 4.44. The van der Waals surface area contributed by atoms with Crippen molar-refractivity contribution in [1.82, 2.24) is 4.98 Å². The van der Waals surface area contributed by atoms with E-state index < -0.39 is 6.10 Å². The third-order valence-corrected chi connectivity index (χ3v) is 3.89. The highest BCUT2D eigenvalue weighted by Crippen LogP contribution is 2.40. The van der Waals surface area contributed by atoms with Gasteiger partial charge in [0.1, 0.15) is 0 Å². The van der Waals surface area contributed by atoms with Crippen LogP contribution in [0.4, 0.5) is 0 Å². The lowest BCUT2D eigenvalue weighted by molar-refractivity contribution is 0.178. The van der Waals surface area contributed by atoms with Crippen LogP contribution in [0.1, 0.15) is 17.2 Å². The Bertz CT molecular complexity index is 636. The van der Waals surface area contributed by atoms with Crippen molar-refractivity contribution in [2.24, 2.45) is 0 Å². The van der Waals surface area contributed by atoms with Crippen molar-refractivity contribution in [3.8, 4) is 11.5 Å². The maximum absolute atomic E-state index is 10.4. The Hall–Kier alpha value is -1.30. The fourth-order valence-corrected chi connectivity index (χ4v) is 2.83. The molecule has 1 aromatic heterocycles. The molecule has 6 heteroatoms. The van der Waals surface area contributed by atoms with Crippen molar-refractivity contribution in [3.05, 3.63) is 51.2 Å². The maximum atomic E-state index is 10.4.